The number of anilines is 1. The molecule has 0 aliphatic carbocycles. The zero-order chi connectivity index (χ0) is 21.7. The van der Waals surface area contributed by atoms with Crippen LogP contribution in [0.4, 0.5) is 10.1 Å². The number of carbonyl (C=O) groups excluding carboxylic acids is 2. The third kappa shape index (κ3) is 5.03. The van der Waals surface area contributed by atoms with Gasteiger partial charge in [-0.15, -0.1) is 0 Å². The highest BCUT2D eigenvalue weighted by Crippen LogP contribution is 2.25. The molecule has 2 amide bonds. The lowest BCUT2D eigenvalue weighted by Crippen LogP contribution is -2.43. The first-order valence-corrected chi connectivity index (χ1v) is 11.2. The number of carbonyl (C=O) groups is 2. The van der Waals surface area contributed by atoms with Crippen LogP contribution >= 0.6 is 0 Å². The molecule has 9 heteroatoms. The van der Waals surface area contributed by atoms with Crippen molar-refractivity contribution in [2.24, 2.45) is 5.92 Å². The van der Waals surface area contributed by atoms with Crippen LogP contribution in [0.15, 0.2) is 53.4 Å². The summed E-state index contributed by atoms with van der Waals surface area (Å²) in [4.78, 5) is 24.7. The number of benzene rings is 2. The van der Waals surface area contributed by atoms with Crippen molar-refractivity contribution >= 4 is 27.5 Å². The lowest BCUT2D eigenvalue weighted by Gasteiger charge is -2.31. The molecule has 7 nitrogen and oxygen atoms in total. The monoisotopic (exact) mass is 433 g/mol. The second-order valence-corrected chi connectivity index (χ2v) is 9.02. The van der Waals surface area contributed by atoms with Gasteiger partial charge in [0.1, 0.15) is 5.82 Å². The Balaban J connectivity index is 1.69. The summed E-state index contributed by atoms with van der Waals surface area (Å²) in [7, 11) is -3.81. The van der Waals surface area contributed by atoms with Crippen molar-refractivity contribution in [2.45, 2.75) is 24.7 Å². The zero-order valence-corrected chi connectivity index (χ0v) is 17.4. The molecular formula is C21H24FN3O4S. The van der Waals surface area contributed by atoms with E-state index in [4.69, 9.17) is 0 Å². The lowest BCUT2D eigenvalue weighted by atomic mass is 9.98. The highest BCUT2D eigenvalue weighted by molar-refractivity contribution is 7.89. The van der Waals surface area contributed by atoms with Crippen molar-refractivity contribution in [1.82, 2.24) is 9.62 Å². The number of sulfonamides is 1. The summed E-state index contributed by atoms with van der Waals surface area (Å²) in [6.07, 6.45) is 1.09. The molecule has 1 aliphatic heterocycles. The van der Waals surface area contributed by atoms with Crippen LogP contribution in [-0.4, -0.2) is 44.2 Å². The van der Waals surface area contributed by atoms with E-state index in [0.29, 0.717) is 37.2 Å². The van der Waals surface area contributed by atoms with Crippen LogP contribution in [0.2, 0.25) is 0 Å². The summed E-state index contributed by atoms with van der Waals surface area (Å²) in [5.41, 5.74) is 0.904. The van der Waals surface area contributed by atoms with Crippen molar-refractivity contribution in [3.8, 4) is 0 Å². The minimum atomic E-state index is -3.81. The van der Waals surface area contributed by atoms with E-state index in [2.05, 4.69) is 10.6 Å². The Morgan fingerprint density at radius 1 is 1.17 bits per heavy atom. The Kier molecular flexibility index (Phi) is 6.84. The van der Waals surface area contributed by atoms with Crippen molar-refractivity contribution < 1.29 is 22.4 Å². The fourth-order valence-electron chi connectivity index (χ4n) is 3.38. The first-order valence-electron chi connectivity index (χ1n) is 9.76. The van der Waals surface area contributed by atoms with Crippen LogP contribution in [0.3, 0.4) is 0 Å². The van der Waals surface area contributed by atoms with Gasteiger partial charge in [0.2, 0.25) is 15.9 Å². The van der Waals surface area contributed by atoms with Gasteiger partial charge in [-0.05, 0) is 62.2 Å². The summed E-state index contributed by atoms with van der Waals surface area (Å²) in [5.74, 6) is -1.58. The molecule has 1 heterocycles. The molecule has 1 atom stereocenters. The van der Waals surface area contributed by atoms with Gasteiger partial charge in [0.05, 0.1) is 10.8 Å². The van der Waals surface area contributed by atoms with E-state index in [0.717, 1.165) is 12.1 Å². The lowest BCUT2D eigenvalue weighted by molar-refractivity contribution is -0.120. The number of amides is 2. The standard InChI is InChI=1S/C21H24FN3O4S/c1-2-23-20(26)15-5-3-7-18(13-15)24-21(27)16-6-4-12-25(14-16)30(28,29)19-10-8-17(22)9-11-19/h3,5,7-11,13,16H,2,4,6,12,14H2,1H3,(H,23,26)(H,24,27). The molecule has 2 aromatic carbocycles. The molecule has 0 radical (unpaired) electrons. The van der Waals surface area contributed by atoms with Crippen molar-refractivity contribution in [3.63, 3.8) is 0 Å². The Hall–Kier alpha value is -2.78. The Labute approximate surface area is 175 Å². The molecule has 0 aromatic heterocycles. The minimum absolute atomic E-state index is 0.000374. The van der Waals surface area contributed by atoms with Gasteiger partial charge in [-0.3, -0.25) is 9.59 Å². The normalized spacial score (nSPS) is 17.3. The van der Waals surface area contributed by atoms with Crippen LogP contribution in [0, 0.1) is 11.7 Å². The summed E-state index contributed by atoms with van der Waals surface area (Å²) >= 11 is 0. The number of rotatable bonds is 6. The number of piperidine rings is 1. The van der Waals surface area contributed by atoms with Gasteiger partial charge < -0.3 is 10.6 Å². The van der Waals surface area contributed by atoms with E-state index >= 15 is 0 Å². The highest BCUT2D eigenvalue weighted by Gasteiger charge is 2.33. The van der Waals surface area contributed by atoms with Crippen LogP contribution < -0.4 is 10.6 Å². The molecule has 1 saturated heterocycles. The molecule has 1 unspecified atom stereocenters. The minimum Gasteiger partial charge on any atom is -0.352 e. The largest absolute Gasteiger partial charge is 0.352 e. The van der Waals surface area contributed by atoms with Gasteiger partial charge >= 0.3 is 0 Å². The third-order valence-electron chi connectivity index (χ3n) is 4.94. The molecule has 0 bridgehead atoms. The Morgan fingerprint density at radius 2 is 1.90 bits per heavy atom. The molecule has 3 rings (SSSR count). The molecule has 0 saturated carbocycles. The van der Waals surface area contributed by atoms with Gasteiger partial charge in [0.15, 0.2) is 0 Å². The first-order chi connectivity index (χ1) is 14.3. The molecule has 2 aromatic rings. The fourth-order valence-corrected chi connectivity index (χ4v) is 4.90. The maximum absolute atomic E-state index is 13.1. The van der Waals surface area contributed by atoms with Crippen molar-refractivity contribution in [1.29, 1.82) is 0 Å². The zero-order valence-electron chi connectivity index (χ0n) is 16.6. The van der Waals surface area contributed by atoms with E-state index in [-0.39, 0.29) is 23.3 Å². The van der Waals surface area contributed by atoms with Gasteiger partial charge in [0.25, 0.3) is 5.91 Å². The van der Waals surface area contributed by atoms with E-state index in [1.807, 2.05) is 6.92 Å². The quantitative estimate of drug-likeness (QED) is 0.732. The molecular weight excluding hydrogens is 409 g/mol. The number of hydrogen-bond donors (Lipinski definition) is 2. The van der Waals surface area contributed by atoms with Crippen LogP contribution in [0.5, 0.6) is 0 Å². The summed E-state index contributed by atoms with van der Waals surface area (Å²) in [6.45, 7) is 2.66. The molecule has 2 N–H and O–H groups in total. The van der Waals surface area contributed by atoms with Gasteiger partial charge in [-0.1, -0.05) is 6.07 Å². The molecule has 0 spiro atoms. The van der Waals surface area contributed by atoms with E-state index in [1.165, 1.54) is 16.4 Å². The van der Waals surface area contributed by atoms with Gasteiger partial charge in [0, 0.05) is 30.9 Å². The van der Waals surface area contributed by atoms with E-state index < -0.39 is 21.8 Å². The second kappa shape index (κ2) is 9.36. The molecule has 160 valence electrons. The van der Waals surface area contributed by atoms with Crippen molar-refractivity contribution in [2.75, 3.05) is 25.0 Å². The van der Waals surface area contributed by atoms with Gasteiger partial charge in [-0.25, -0.2) is 12.8 Å². The highest BCUT2D eigenvalue weighted by atomic mass is 32.2. The Bertz CT molecular complexity index is 1020. The second-order valence-electron chi connectivity index (χ2n) is 7.09. The van der Waals surface area contributed by atoms with Gasteiger partial charge in [-0.2, -0.15) is 4.31 Å². The predicted molar refractivity (Wildman–Crippen MR) is 111 cm³/mol. The molecule has 30 heavy (non-hydrogen) atoms. The average Bonchev–Trinajstić information content (AvgIpc) is 2.74. The molecule has 1 fully saturated rings. The smallest absolute Gasteiger partial charge is 0.251 e. The van der Waals surface area contributed by atoms with Crippen molar-refractivity contribution in [3.05, 3.63) is 59.9 Å². The molecule has 1 aliphatic rings. The average molecular weight is 434 g/mol. The number of nitrogens with one attached hydrogen (secondary N) is 2. The SMILES string of the molecule is CCNC(=O)c1cccc(NC(=O)C2CCCN(S(=O)(=O)c3ccc(F)cc3)C2)c1. The summed E-state index contributed by atoms with van der Waals surface area (Å²) < 4.78 is 40.1. The third-order valence-corrected chi connectivity index (χ3v) is 6.82. The van der Waals surface area contributed by atoms with Crippen LogP contribution in [0.1, 0.15) is 30.1 Å². The Morgan fingerprint density at radius 3 is 2.60 bits per heavy atom. The summed E-state index contributed by atoms with van der Waals surface area (Å²) in [6, 6.07) is 11.2. The maximum Gasteiger partial charge on any atom is 0.251 e. The predicted octanol–water partition coefficient (Wildman–Crippen LogP) is 2.61. The number of hydrogen-bond acceptors (Lipinski definition) is 4. The number of halogens is 1. The first kappa shape index (κ1) is 21.9. The van der Waals surface area contributed by atoms with E-state index in [1.54, 1.807) is 24.3 Å². The van der Waals surface area contributed by atoms with Crippen LogP contribution in [-0.2, 0) is 14.8 Å². The van der Waals surface area contributed by atoms with E-state index in [9.17, 15) is 22.4 Å². The number of nitrogens with zero attached hydrogens (tertiary/aromatic N) is 1. The fraction of sp³-hybridized carbons (Fsp3) is 0.333. The topological polar surface area (TPSA) is 95.6 Å². The summed E-state index contributed by atoms with van der Waals surface area (Å²) in [5, 5.41) is 5.48. The maximum atomic E-state index is 13.1. The van der Waals surface area contributed by atoms with Crippen LogP contribution in [0.25, 0.3) is 0 Å².